The fourth-order valence-electron chi connectivity index (χ4n) is 1.26. The molecular formula is C12H12ClN3O2. The van der Waals surface area contributed by atoms with Gasteiger partial charge in [-0.05, 0) is 23.8 Å². The normalized spacial score (nSPS) is 10.9. The average molecular weight is 266 g/mol. The number of nitrogens with zero attached hydrogens (tertiary/aromatic N) is 2. The van der Waals surface area contributed by atoms with Crippen LogP contribution in [-0.2, 0) is 4.79 Å². The molecule has 0 fully saturated rings. The van der Waals surface area contributed by atoms with Crippen molar-refractivity contribution in [1.82, 2.24) is 0 Å². The van der Waals surface area contributed by atoms with Gasteiger partial charge in [0.25, 0.3) is 0 Å². The number of hydrogen-bond acceptors (Lipinski definition) is 3. The van der Waals surface area contributed by atoms with Crippen molar-refractivity contribution in [3.63, 3.8) is 0 Å². The van der Waals surface area contributed by atoms with E-state index in [-0.39, 0.29) is 0 Å². The molecule has 0 spiro atoms. The van der Waals surface area contributed by atoms with Gasteiger partial charge in [-0.15, -0.1) is 0 Å². The number of rotatable bonds is 5. The molecule has 0 aliphatic carbocycles. The zero-order chi connectivity index (χ0) is 13.5. The molecule has 0 atom stereocenters. The molecule has 0 radical (unpaired) electrons. The van der Waals surface area contributed by atoms with Crippen molar-refractivity contribution in [2.24, 2.45) is 10.8 Å². The molecule has 0 aromatic heterocycles. The van der Waals surface area contributed by atoms with E-state index in [1.54, 1.807) is 18.2 Å². The molecule has 1 rings (SSSR count). The minimum absolute atomic E-state index is 0.410. The summed E-state index contributed by atoms with van der Waals surface area (Å²) in [7, 11) is 0. The Kier molecular flexibility index (Phi) is 4.95. The molecule has 1 aromatic rings. The zero-order valence-corrected chi connectivity index (χ0v) is 10.2. The van der Waals surface area contributed by atoms with E-state index in [9.17, 15) is 4.79 Å². The highest BCUT2D eigenvalue weighted by molar-refractivity contribution is 6.33. The number of carboxylic acids is 1. The van der Waals surface area contributed by atoms with Crippen LogP contribution in [0.4, 0.5) is 5.69 Å². The van der Waals surface area contributed by atoms with Gasteiger partial charge in [0.05, 0.1) is 10.7 Å². The summed E-state index contributed by atoms with van der Waals surface area (Å²) in [6.07, 6.45) is 5.06. The maximum atomic E-state index is 10.4. The first-order valence-electron chi connectivity index (χ1n) is 4.95. The highest BCUT2D eigenvalue weighted by Gasteiger charge is 2.06. The first-order chi connectivity index (χ1) is 8.58. The van der Waals surface area contributed by atoms with Gasteiger partial charge in [-0.2, -0.15) is 5.10 Å². The lowest BCUT2D eigenvalue weighted by Gasteiger charge is -2.15. The molecule has 6 heteroatoms. The molecule has 0 amide bonds. The van der Waals surface area contributed by atoms with Crippen LogP contribution in [0.25, 0.3) is 6.08 Å². The van der Waals surface area contributed by atoms with Crippen LogP contribution >= 0.6 is 11.6 Å². The van der Waals surface area contributed by atoms with Crippen LogP contribution in [0.15, 0.2) is 42.2 Å². The third kappa shape index (κ3) is 3.64. The Hall–Kier alpha value is -2.27. The highest BCUT2D eigenvalue weighted by Crippen LogP contribution is 2.27. The number of carboxylic acid groups (broad SMARTS) is 1. The van der Waals surface area contributed by atoms with Crippen molar-refractivity contribution >= 4 is 35.7 Å². The molecule has 94 valence electrons. The first-order valence-corrected chi connectivity index (χ1v) is 5.32. The van der Waals surface area contributed by atoms with Crippen molar-refractivity contribution in [2.45, 2.75) is 0 Å². The fraction of sp³-hybridized carbons (Fsp3) is 0. The standard InChI is InChI=1S/C12H12ClN3O2/c1-2-16(15-8-14)11-5-3-9(7-10(11)13)4-6-12(17)18/h2-8H,1H2,(H2,14,15)(H,17,18)/b6-4+. The maximum Gasteiger partial charge on any atom is 0.328 e. The van der Waals surface area contributed by atoms with Crippen molar-refractivity contribution < 1.29 is 9.90 Å². The lowest BCUT2D eigenvalue weighted by Crippen LogP contribution is -2.09. The average Bonchev–Trinajstić information content (AvgIpc) is 2.34. The summed E-state index contributed by atoms with van der Waals surface area (Å²) in [5.41, 5.74) is 6.47. The van der Waals surface area contributed by atoms with Gasteiger partial charge in [-0.3, -0.25) is 0 Å². The van der Waals surface area contributed by atoms with Crippen LogP contribution in [-0.4, -0.2) is 17.4 Å². The molecule has 1 aromatic carbocycles. The maximum absolute atomic E-state index is 10.4. The van der Waals surface area contributed by atoms with Gasteiger partial charge in [-0.25, -0.2) is 9.80 Å². The van der Waals surface area contributed by atoms with Crippen molar-refractivity contribution in [3.8, 4) is 0 Å². The summed E-state index contributed by atoms with van der Waals surface area (Å²) in [5, 5.41) is 14.2. The summed E-state index contributed by atoms with van der Waals surface area (Å²) < 4.78 is 0. The Balaban J connectivity index is 3.05. The minimum Gasteiger partial charge on any atom is -0.478 e. The third-order valence-corrected chi connectivity index (χ3v) is 2.30. The number of anilines is 1. The third-order valence-electron chi connectivity index (χ3n) is 2.00. The van der Waals surface area contributed by atoms with Crippen LogP contribution in [0.5, 0.6) is 0 Å². The topological polar surface area (TPSA) is 78.9 Å². The van der Waals surface area contributed by atoms with E-state index in [2.05, 4.69) is 11.7 Å². The zero-order valence-electron chi connectivity index (χ0n) is 9.45. The Labute approximate surface area is 109 Å². The molecule has 0 aliphatic heterocycles. The second-order valence-corrected chi connectivity index (χ2v) is 3.58. The molecule has 3 N–H and O–H groups in total. The summed E-state index contributed by atoms with van der Waals surface area (Å²) in [5.74, 6) is -1.02. The van der Waals surface area contributed by atoms with Crippen LogP contribution in [0.2, 0.25) is 5.02 Å². The molecule has 0 unspecified atom stereocenters. The lowest BCUT2D eigenvalue weighted by molar-refractivity contribution is -0.131. The molecule has 0 saturated carbocycles. The van der Waals surface area contributed by atoms with Gasteiger partial charge >= 0.3 is 5.97 Å². The molecule has 0 bridgehead atoms. The first kappa shape index (κ1) is 13.8. The van der Waals surface area contributed by atoms with E-state index in [1.807, 2.05) is 0 Å². The van der Waals surface area contributed by atoms with Gasteiger partial charge in [0.15, 0.2) is 0 Å². The predicted molar refractivity (Wildman–Crippen MR) is 73.5 cm³/mol. The minimum atomic E-state index is -1.02. The smallest absolute Gasteiger partial charge is 0.328 e. The van der Waals surface area contributed by atoms with Crippen LogP contribution in [0, 0.1) is 0 Å². The SMILES string of the molecule is C=CN(/N=C\N)c1ccc(/C=C/C(=O)O)cc1Cl. The van der Waals surface area contributed by atoms with Crippen LogP contribution in [0.1, 0.15) is 5.56 Å². The van der Waals surface area contributed by atoms with E-state index in [4.69, 9.17) is 22.4 Å². The van der Waals surface area contributed by atoms with E-state index < -0.39 is 5.97 Å². The molecular weight excluding hydrogens is 254 g/mol. The van der Waals surface area contributed by atoms with Gasteiger partial charge < -0.3 is 10.8 Å². The molecule has 5 nitrogen and oxygen atoms in total. The number of carbonyl (C=O) groups is 1. The van der Waals surface area contributed by atoms with E-state index >= 15 is 0 Å². The number of aliphatic carboxylic acids is 1. The molecule has 0 saturated heterocycles. The summed E-state index contributed by atoms with van der Waals surface area (Å²) >= 11 is 6.07. The Morgan fingerprint density at radius 1 is 1.56 bits per heavy atom. The quantitative estimate of drug-likeness (QED) is 0.371. The van der Waals surface area contributed by atoms with Crippen LogP contribution in [0.3, 0.4) is 0 Å². The predicted octanol–water partition coefficient (Wildman–Crippen LogP) is 2.29. The summed E-state index contributed by atoms with van der Waals surface area (Å²) in [6, 6.07) is 5.03. The Bertz CT molecular complexity index is 512. The number of halogens is 1. The Morgan fingerprint density at radius 3 is 2.78 bits per heavy atom. The lowest BCUT2D eigenvalue weighted by atomic mass is 10.2. The van der Waals surface area contributed by atoms with E-state index in [0.717, 1.165) is 12.4 Å². The Morgan fingerprint density at radius 2 is 2.28 bits per heavy atom. The van der Waals surface area contributed by atoms with Crippen LogP contribution < -0.4 is 10.7 Å². The number of hydrogen-bond donors (Lipinski definition) is 2. The highest BCUT2D eigenvalue weighted by atomic mass is 35.5. The number of hydrazone groups is 1. The van der Waals surface area contributed by atoms with Gasteiger partial charge in [0.2, 0.25) is 0 Å². The van der Waals surface area contributed by atoms with Crippen molar-refractivity contribution in [1.29, 1.82) is 0 Å². The van der Waals surface area contributed by atoms with Gasteiger partial charge in [0.1, 0.15) is 6.34 Å². The van der Waals surface area contributed by atoms with Crippen molar-refractivity contribution in [3.05, 3.63) is 47.6 Å². The van der Waals surface area contributed by atoms with E-state index in [0.29, 0.717) is 16.3 Å². The van der Waals surface area contributed by atoms with Gasteiger partial charge in [-0.1, -0.05) is 24.2 Å². The molecule has 0 aliphatic rings. The van der Waals surface area contributed by atoms with Crippen molar-refractivity contribution in [2.75, 3.05) is 5.01 Å². The van der Waals surface area contributed by atoms with E-state index in [1.165, 1.54) is 17.3 Å². The largest absolute Gasteiger partial charge is 0.478 e. The second kappa shape index (κ2) is 6.46. The molecule has 18 heavy (non-hydrogen) atoms. The van der Waals surface area contributed by atoms with Gasteiger partial charge in [0, 0.05) is 12.3 Å². The summed E-state index contributed by atoms with van der Waals surface area (Å²) in [4.78, 5) is 10.4. The second-order valence-electron chi connectivity index (χ2n) is 3.17. The fourth-order valence-corrected chi connectivity index (χ4v) is 1.54. The number of benzene rings is 1. The number of nitrogens with two attached hydrogens (primary N) is 1. The summed E-state index contributed by atoms with van der Waals surface area (Å²) in [6.45, 7) is 3.59. The monoisotopic (exact) mass is 265 g/mol. The molecule has 0 heterocycles.